The molecule has 4 heterocycles. The number of thiazole rings is 1. The number of fused-ring (bicyclic) bond motifs is 1. The molecule has 6 heteroatoms. The van der Waals surface area contributed by atoms with Gasteiger partial charge in [-0.3, -0.25) is 15.0 Å². The molecule has 0 unspecified atom stereocenters. The first-order chi connectivity index (χ1) is 10.8. The van der Waals surface area contributed by atoms with Gasteiger partial charge in [0.15, 0.2) is 5.13 Å². The normalized spacial score (nSPS) is 10.9. The van der Waals surface area contributed by atoms with Crippen molar-refractivity contribution in [3.8, 4) is 21.8 Å². The Bertz CT molecular complexity index is 944. The summed E-state index contributed by atoms with van der Waals surface area (Å²) in [5, 5.41) is 0.511. The summed E-state index contributed by atoms with van der Waals surface area (Å²) in [4.78, 5) is 18.6. The van der Waals surface area contributed by atoms with Crippen LogP contribution in [0.1, 0.15) is 0 Å². The molecule has 0 saturated carbocycles. The van der Waals surface area contributed by atoms with Crippen molar-refractivity contribution >= 4 is 27.5 Å². The average molecular weight is 305 g/mol. The van der Waals surface area contributed by atoms with Crippen LogP contribution in [-0.4, -0.2) is 19.9 Å². The van der Waals surface area contributed by atoms with Crippen LogP contribution in [-0.2, 0) is 0 Å². The highest BCUT2D eigenvalue weighted by Crippen LogP contribution is 2.39. The molecule has 2 N–H and O–H groups in total. The van der Waals surface area contributed by atoms with E-state index in [-0.39, 0.29) is 0 Å². The summed E-state index contributed by atoms with van der Waals surface area (Å²) in [6, 6.07) is 11.5. The van der Waals surface area contributed by atoms with Crippen LogP contribution in [0.5, 0.6) is 0 Å². The van der Waals surface area contributed by atoms with Gasteiger partial charge < -0.3 is 5.73 Å². The van der Waals surface area contributed by atoms with Crippen LogP contribution in [0.15, 0.2) is 55.0 Å². The van der Waals surface area contributed by atoms with Gasteiger partial charge in [0.25, 0.3) is 0 Å². The minimum Gasteiger partial charge on any atom is -0.375 e. The fourth-order valence-corrected chi connectivity index (χ4v) is 3.23. The molecule has 0 bridgehead atoms. The molecule has 22 heavy (non-hydrogen) atoms. The first-order valence-corrected chi connectivity index (χ1v) is 7.52. The van der Waals surface area contributed by atoms with Crippen molar-refractivity contribution in [3.63, 3.8) is 0 Å². The summed E-state index contributed by atoms with van der Waals surface area (Å²) in [6.45, 7) is 0. The molecule has 0 fully saturated rings. The predicted molar refractivity (Wildman–Crippen MR) is 88.3 cm³/mol. The van der Waals surface area contributed by atoms with Gasteiger partial charge in [0.05, 0.1) is 21.6 Å². The van der Waals surface area contributed by atoms with Crippen molar-refractivity contribution in [2.24, 2.45) is 0 Å². The van der Waals surface area contributed by atoms with Crippen LogP contribution in [0.25, 0.3) is 32.9 Å². The van der Waals surface area contributed by atoms with Crippen LogP contribution >= 0.6 is 11.3 Å². The van der Waals surface area contributed by atoms with Gasteiger partial charge in [0.1, 0.15) is 5.69 Å². The van der Waals surface area contributed by atoms with Gasteiger partial charge in [0.2, 0.25) is 0 Å². The molecule has 0 amide bonds. The summed E-state index contributed by atoms with van der Waals surface area (Å²) in [5.41, 5.74) is 10.2. The number of nitrogen functional groups attached to an aromatic ring is 1. The fourth-order valence-electron chi connectivity index (χ4n) is 2.36. The fraction of sp³-hybridized carbons (Fsp3) is 0. The van der Waals surface area contributed by atoms with Crippen molar-refractivity contribution in [2.45, 2.75) is 0 Å². The highest BCUT2D eigenvalue weighted by Gasteiger charge is 2.17. The van der Waals surface area contributed by atoms with E-state index in [9.17, 15) is 0 Å². The molecule has 4 rings (SSSR count). The molecule has 0 atom stereocenters. The Morgan fingerprint density at radius 2 is 1.77 bits per heavy atom. The number of pyridine rings is 3. The molecule has 0 aromatic carbocycles. The Labute approximate surface area is 130 Å². The molecular weight excluding hydrogens is 294 g/mol. The number of anilines is 1. The maximum absolute atomic E-state index is 5.94. The predicted octanol–water partition coefficient (Wildman–Crippen LogP) is 3.40. The second-order valence-electron chi connectivity index (χ2n) is 4.67. The second-order valence-corrected chi connectivity index (χ2v) is 5.71. The van der Waals surface area contributed by atoms with Gasteiger partial charge in [0, 0.05) is 24.2 Å². The third-order valence-corrected chi connectivity index (χ3v) is 4.21. The zero-order valence-corrected chi connectivity index (χ0v) is 12.3. The number of hydrogen-bond acceptors (Lipinski definition) is 6. The van der Waals surface area contributed by atoms with Crippen molar-refractivity contribution in [3.05, 3.63) is 55.0 Å². The quantitative estimate of drug-likeness (QED) is 0.614. The van der Waals surface area contributed by atoms with Crippen molar-refractivity contribution in [2.75, 3.05) is 5.73 Å². The summed E-state index contributed by atoms with van der Waals surface area (Å²) < 4.78 is 0. The smallest absolute Gasteiger partial charge is 0.181 e. The van der Waals surface area contributed by atoms with Crippen molar-refractivity contribution < 1.29 is 0 Å². The molecular formula is C16H11N5S. The largest absolute Gasteiger partial charge is 0.375 e. The number of aromatic nitrogens is 4. The lowest BCUT2D eigenvalue weighted by Gasteiger charge is -2.05. The monoisotopic (exact) mass is 305 g/mol. The molecule has 106 valence electrons. The molecule has 0 radical (unpaired) electrons. The summed E-state index contributed by atoms with van der Waals surface area (Å²) >= 11 is 1.44. The highest BCUT2D eigenvalue weighted by atomic mass is 32.1. The maximum atomic E-state index is 5.94. The molecule has 4 aromatic rings. The molecule has 0 saturated heterocycles. The number of nitrogens with zero attached hydrogens (tertiary/aromatic N) is 4. The lowest BCUT2D eigenvalue weighted by Crippen LogP contribution is -1.89. The van der Waals surface area contributed by atoms with Crippen LogP contribution in [0.3, 0.4) is 0 Å². The molecule has 0 aliphatic rings. The third-order valence-electron chi connectivity index (χ3n) is 3.29. The minimum absolute atomic E-state index is 0.511. The number of hydrogen-bond donors (Lipinski definition) is 1. The van der Waals surface area contributed by atoms with Gasteiger partial charge in [-0.25, -0.2) is 4.98 Å². The Hall–Kier alpha value is -2.86. The van der Waals surface area contributed by atoms with Crippen LogP contribution in [0.2, 0.25) is 0 Å². The minimum atomic E-state index is 0.511. The molecule has 0 aliphatic heterocycles. The SMILES string of the molecule is Nc1nc(-c2ccccn2)c(-c2ccnc3cccnc23)s1. The van der Waals surface area contributed by atoms with E-state index >= 15 is 0 Å². The van der Waals surface area contributed by atoms with Gasteiger partial charge in [-0.15, -0.1) is 0 Å². The Morgan fingerprint density at radius 1 is 0.864 bits per heavy atom. The summed E-state index contributed by atoms with van der Waals surface area (Å²) in [7, 11) is 0. The van der Waals surface area contributed by atoms with Crippen LogP contribution < -0.4 is 5.73 Å². The van der Waals surface area contributed by atoms with E-state index in [4.69, 9.17) is 5.73 Å². The highest BCUT2D eigenvalue weighted by molar-refractivity contribution is 7.19. The number of rotatable bonds is 2. The van der Waals surface area contributed by atoms with Gasteiger partial charge in [-0.2, -0.15) is 0 Å². The van der Waals surface area contributed by atoms with E-state index in [1.165, 1.54) is 11.3 Å². The van der Waals surface area contributed by atoms with E-state index in [0.29, 0.717) is 5.13 Å². The third kappa shape index (κ3) is 2.10. The molecule has 0 aliphatic carbocycles. The van der Waals surface area contributed by atoms with E-state index in [2.05, 4.69) is 19.9 Å². The van der Waals surface area contributed by atoms with E-state index < -0.39 is 0 Å². The Morgan fingerprint density at radius 3 is 2.64 bits per heavy atom. The number of nitrogens with two attached hydrogens (primary N) is 1. The average Bonchev–Trinajstić information content (AvgIpc) is 2.97. The zero-order valence-electron chi connectivity index (χ0n) is 11.5. The molecule has 0 spiro atoms. The second kappa shape index (κ2) is 5.16. The van der Waals surface area contributed by atoms with Gasteiger partial charge in [-0.1, -0.05) is 17.4 Å². The topological polar surface area (TPSA) is 77.6 Å². The Kier molecular flexibility index (Phi) is 3.01. The standard InChI is InChI=1S/C16H11N5S/c17-16-21-14(12-4-1-2-7-18-12)15(22-16)10-6-9-19-11-5-3-8-20-13(10)11/h1-9H,(H2,17,21). The first kappa shape index (κ1) is 12.8. The summed E-state index contributed by atoms with van der Waals surface area (Å²) in [5.74, 6) is 0. The first-order valence-electron chi connectivity index (χ1n) is 6.71. The van der Waals surface area contributed by atoms with Gasteiger partial charge >= 0.3 is 0 Å². The van der Waals surface area contributed by atoms with E-state index in [1.807, 2.05) is 36.4 Å². The molecule has 4 aromatic heterocycles. The van der Waals surface area contributed by atoms with Crippen molar-refractivity contribution in [1.29, 1.82) is 0 Å². The van der Waals surface area contributed by atoms with Crippen LogP contribution in [0, 0.1) is 0 Å². The zero-order chi connectivity index (χ0) is 14.9. The van der Waals surface area contributed by atoms with Crippen LogP contribution in [0.4, 0.5) is 5.13 Å². The van der Waals surface area contributed by atoms with Crippen molar-refractivity contribution in [1.82, 2.24) is 19.9 Å². The lowest BCUT2D eigenvalue weighted by molar-refractivity contribution is 1.28. The van der Waals surface area contributed by atoms with E-state index in [1.54, 1.807) is 18.6 Å². The molecule has 5 nitrogen and oxygen atoms in total. The lowest BCUT2D eigenvalue weighted by atomic mass is 10.1. The maximum Gasteiger partial charge on any atom is 0.181 e. The Balaban J connectivity index is 2.00. The van der Waals surface area contributed by atoms with E-state index in [0.717, 1.165) is 32.9 Å². The summed E-state index contributed by atoms with van der Waals surface area (Å²) in [6.07, 6.45) is 5.29. The van der Waals surface area contributed by atoms with Gasteiger partial charge in [-0.05, 0) is 30.3 Å².